The molecule has 0 aliphatic rings. The van der Waals surface area contributed by atoms with E-state index in [4.69, 9.17) is 16.7 Å². The van der Waals surface area contributed by atoms with Crippen molar-refractivity contribution in [3.05, 3.63) is 27.4 Å². The maximum absolute atomic E-state index is 12.5. The highest BCUT2D eigenvalue weighted by Crippen LogP contribution is 2.28. The molecule has 0 bridgehead atoms. The van der Waals surface area contributed by atoms with Gasteiger partial charge < -0.3 is 5.11 Å². The molecule has 1 aromatic rings. The number of phenolic OH excluding ortho intramolecular Hbond substituents is 1. The monoisotopic (exact) mass is 286 g/mol. The minimum atomic E-state index is -0.550. The van der Waals surface area contributed by atoms with Gasteiger partial charge in [-0.2, -0.15) is 0 Å². The number of benzene rings is 1. The Morgan fingerprint density at radius 1 is 1.36 bits per heavy atom. The molecule has 0 radical (unpaired) electrons. The molecule has 1 aromatic carbocycles. The predicted octanol–water partition coefficient (Wildman–Crippen LogP) is 3.14. The number of aromatic hydroxyl groups is 1. The van der Waals surface area contributed by atoms with Gasteiger partial charge in [0.05, 0.1) is 23.7 Å². The Hall–Kier alpha value is -0.360. The first-order valence-electron chi connectivity index (χ1n) is 3.43. The summed E-state index contributed by atoms with van der Waals surface area (Å²) in [5.74, 6) is -0.613. The van der Waals surface area contributed by atoms with Gasteiger partial charge in [0.1, 0.15) is 11.6 Å². The molecule has 1 N–H and O–H groups in total. The van der Waals surface area contributed by atoms with Gasteiger partial charge in [0.15, 0.2) is 0 Å². The van der Waals surface area contributed by atoms with E-state index in [0.717, 1.165) is 12.1 Å². The van der Waals surface area contributed by atoms with E-state index < -0.39 is 5.82 Å². The van der Waals surface area contributed by atoms with Crippen LogP contribution in [0.4, 0.5) is 4.39 Å². The van der Waals surface area contributed by atoms with Crippen LogP contribution in [-0.4, -0.2) is 19.3 Å². The fraction of sp³-hybridized carbons (Fsp3) is 0.250. The Morgan fingerprint density at radius 3 is 2.21 bits per heavy atom. The molecule has 0 unspecified atom stereocenters. The van der Waals surface area contributed by atoms with Gasteiger partial charge in [-0.1, -0.05) is 11.6 Å². The van der Waals surface area contributed by atoms with Gasteiger partial charge in [-0.3, -0.25) is 0 Å². The Kier molecular flexibility index (Phi) is 6.82. The average molecular weight is 288 g/mol. The molecule has 3 nitrogen and oxygen atoms in total. The second-order valence-corrected chi connectivity index (χ2v) is 3.31. The van der Waals surface area contributed by atoms with Crippen molar-refractivity contribution in [2.45, 2.75) is 0 Å². The summed E-state index contributed by atoms with van der Waals surface area (Å²) in [5.41, 5.74) is 0. The maximum atomic E-state index is 12.5. The largest absolute Gasteiger partial charge is 0.507 e. The van der Waals surface area contributed by atoms with Gasteiger partial charge in [0.25, 0.3) is 0 Å². The summed E-state index contributed by atoms with van der Waals surface area (Å²) in [4.78, 5) is 8.08. The first kappa shape index (κ1) is 13.6. The molecule has 0 amide bonds. The summed E-state index contributed by atoms with van der Waals surface area (Å²) in [5, 5.41) is 8.84. The summed E-state index contributed by atoms with van der Waals surface area (Å²) in [6, 6.07) is 2.25. The molecule has 0 atom stereocenters. The van der Waals surface area contributed by atoms with Gasteiger partial charge in [0, 0.05) is 6.07 Å². The van der Waals surface area contributed by atoms with E-state index in [1.807, 2.05) is 0 Å². The lowest BCUT2D eigenvalue weighted by Crippen LogP contribution is -1.76. The molecule has 80 valence electrons. The summed E-state index contributed by atoms with van der Waals surface area (Å²) < 4.78 is 12.8. The molecule has 0 aliphatic heterocycles. The molecule has 0 fully saturated rings. The van der Waals surface area contributed by atoms with Gasteiger partial charge in [-0.25, -0.2) is 14.2 Å². The normalized spacial score (nSPS) is 9.21. The highest BCUT2D eigenvalue weighted by Gasteiger charge is 2.03. The van der Waals surface area contributed by atoms with Crippen LogP contribution in [-0.2, 0) is 9.78 Å². The number of rotatable bonds is 1. The Balaban J connectivity index is 0.000000364. The lowest BCUT2D eigenvalue weighted by molar-refractivity contribution is -0.248. The summed E-state index contributed by atoms with van der Waals surface area (Å²) >= 11 is 8.26. The Bertz CT molecular complexity index is 244. The maximum Gasteiger partial charge on any atom is 0.143 e. The van der Waals surface area contributed by atoms with Crippen LogP contribution < -0.4 is 0 Å². The highest BCUT2D eigenvalue weighted by molar-refractivity contribution is 9.10. The molecule has 0 aliphatic carbocycles. The standard InChI is InChI=1S/C6H3BrClFO.C2H6O2/c7-3-1-5(9)4(8)2-6(3)10;1-3-4-2/h1-2,10H;1-2H3. The quantitative estimate of drug-likeness (QED) is 0.490. The van der Waals surface area contributed by atoms with Crippen molar-refractivity contribution in [1.82, 2.24) is 0 Å². The number of hydrogen-bond acceptors (Lipinski definition) is 3. The molecule has 0 spiro atoms. The lowest BCUT2D eigenvalue weighted by Gasteiger charge is -1.97. The van der Waals surface area contributed by atoms with E-state index in [1.54, 1.807) is 0 Å². The molecule has 0 aromatic heterocycles. The van der Waals surface area contributed by atoms with Crippen LogP contribution in [0, 0.1) is 5.82 Å². The van der Waals surface area contributed by atoms with E-state index in [0.29, 0.717) is 4.47 Å². The van der Waals surface area contributed by atoms with Crippen molar-refractivity contribution >= 4 is 27.5 Å². The fourth-order valence-corrected chi connectivity index (χ4v) is 0.985. The molecule has 1 rings (SSSR count). The molecule has 14 heavy (non-hydrogen) atoms. The van der Waals surface area contributed by atoms with Gasteiger partial charge >= 0.3 is 0 Å². The van der Waals surface area contributed by atoms with Crippen LogP contribution in [0.5, 0.6) is 5.75 Å². The number of phenols is 1. The third-order valence-corrected chi connectivity index (χ3v) is 2.08. The second-order valence-electron chi connectivity index (χ2n) is 2.05. The molecular weight excluding hydrogens is 278 g/mol. The lowest BCUT2D eigenvalue weighted by atomic mass is 10.3. The Morgan fingerprint density at radius 2 is 1.86 bits per heavy atom. The first-order valence-corrected chi connectivity index (χ1v) is 4.60. The number of halogens is 3. The first-order chi connectivity index (χ1) is 6.52. The van der Waals surface area contributed by atoms with Crippen molar-refractivity contribution < 1.29 is 19.3 Å². The van der Waals surface area contributed by atoms with Gasteiger partial charge in [-0.15, -0.1) is 0 Å². The van der Waals surface area contributed by atoms with Crippen molar-refractivity contribution in [2.24, 2.45) is 0 Å². The third-order valence-electron chi connectivity index (χ3n) is 1.16. The van der Waals surface area contributed by atoms with Crippen LogP contribution in [0.2, 0.25) is 5.02 Å². The SMILES string of the molecule is COOC.Oc1cc(Cl)c(F)cc1Br. The molecule has 6 heteroatoms. The minimum absolute atomic E-state index is 0.0635. The van der Waals surface area contributed by atoms with E-state index in [-0.39, 0.29) is 10.8 Å². The number of hydrogen-bond donors (Lipinski definition) is 1. The van der Waals surface area contributed by atoms with E-state index in [1.165, 1.54) is 14.2 Å². The van der Waals surface area contributed by atoms with Crippen LogP contribution in [0.25, 0.3) is 0 Å². The van der Waals surface area contributed by atoms with E-state index in [2.05, 4.69) is 25.7 Å². The van der Waals surface area contributed by atoms with Crippen LogP contribution in [0.15, 0.2) is 16.6 Å². The van der Waals surface area contributed by atoms with Crippen LogP contribution >= 0.6 is 27.5 Å². The van der Waals surface area contributed by atoms with Crippen LogP contribution in [0.3, 0.4) is 0 Å². The third kappa shape index (κ3) is 4.76. The summed E-state index contributed by atoms with van der Waals surface area (Å²) in [7, 11) is 2.92. The smallest absolute Gasteiger partial charge is 0.143 e. The summed E-state index contributed by atoms with van der Waals surface area (Å²) in [6.07, 6.45) is 0. The zero-order chi connectivity index (χ0) is 11.1. The molecule has 0 heterocycles. The van der Waals surface area contributed by atoms with Crippen molar-refractivity contribution in [3.8, 4) is 5.75 Å². The average Bonchev–Trinajstić information content (AvgIpc) is 2.15. The highest BCUT2D eigenvalue weighted by atomic mass is 79.9. The van der Waals surface area contributed by atoms with Gasteiger partial charge in [-0.05, 0) is 22.0 Å². The predicted molar refractivity (Wildman–Crippen MR) is 54.8 cm³/mol. The van der Waals surface area contributed by atoms with E-state index in [9.17, 15) is 4.39 Å². The van der Waals surface area contributed by atoms with Crippen molar-refractivity contribution in [2.75, 3.05) is 14.2 Å². The topological polar surface area (TPSA) is 38.7 Å². The molecular formula is C8H9BrClFO3. The minimum Gasteiger partial charge on any atom is -0.507 e. The van der Waals surface area contributed by atoms with Crippen molar-refractivity contribution in [1.29, 1.82) is 0 Å². The van der Waals surface area contributed by atoms with E-state index >= 15 is 0 Å². The fourth-order valence-electron chi connectivity index (χ4n) is 0.512. The molecule has 0 saturated heterocycles. The van der Waals surface area contributed by atoms with Crippen molar-refractivity contribution in [3.63, 3.8) is 0 Å². The second kappa shape index (κ2) is 7.00. The zero-order valence-electron chi connectivity index (χ0n) is 7.55. The molecule has 0 saturated carbocycles. The Labute approximate surface area is 94.5 Å². The zero-order valence-corrected chi connectivity index (χ0v) is 9.89. The van der Waals surface area contributed by atoms with Crippen LogP contribution in [0.1, 0.15) is 0 Å². The summed E-state index contributed by atoms with van der Waals surface area (Å²) in [6.45, 7) is 0. The van der Waals surface area contributed by atoms with Gasteiger partial charge in [0.2, 0.25) is 0 Å².